The van der Waals surface area contributed by atoms with Gasteiger partial charge in [-0.05, 0) is 31.0 Å². The number of hydrogen-bond donors (Lipinski definition) is 1. The number of anilines is 1. The predicted molar refractivity (Wildman–Crippen MR) is 111 cm³/mol. The lowest BCUT2D eigenvalue weighted by molar-refractivity contribution is 0.101. The Morgan fingerprint density at radius 2 is 1.78 bits per heavy atom. The van der Waals surface area contributed by atoms with Gasteiger partial charge in [0.05, 0.1) is 5.69 Å². The molecule has 0 bridgehead atoms. The standard InChI is InChI=1S/C22H14F4N4OS/c23-12-7-17(25)19(18(26)8-12)21(31)28-13-3-4-14(16(24)9-13)15-10-30(22-27-5-6-32-22)29-20(15)11-1-2-11/h3-11H,1-2H2,(H,28,31). The molecular weight excluding hydrogens is 444 g/mol. The van der Waals surface area contributed by atoms with Crippen LogP contribution >= 0.6 is 11.3 Å². The van der Waals surface area contributed by atoms with Gasteiger partial charge in [-0.3, -0.25) is 4.79 Å². The summed E-state index contributed by atoms with van der Waals surface area (Å²) in [6, 6.07) is 4.76. The minimum atomic E-state index is -1.35. The molecule has 0 spiro atoms. The smallest absolute Gasteiger partial charge is 0.261 e. The summed E-state index contributed by atoms with van der Waals surface area (Å²) in [6.45, 7) is 0. The first-order chi connectivity index (χ1) is 15.4. The fraction of sp³-hybridized carbons (Fsp3) is 0.136. The van der Waals surface area contributed by atoms with Gasteiger partial charge in [0.1, 0.15) is 28.8 Å². The van der Waals surface area contributed by atoms with Crippen LogP contribution in [-0.2, 0) is 0 Å². The second-order valence-electron chi connectivity index (χ2n) is 7.35. The highest BCUT2D eigenvalue weighted by Crippen LogP contribution is 2.44. The van der Waals surface area contributed by atoms with Gasteiger partial charge in [0, 0.05) is 52.6 Å². The summed E-state index contributed by atoms with van der Waals surface area (Å²) in [4.78, 5) is 16.5. The van der Waals surface area contributed by atoms with Gasteiger partial charge in [-0.25, -0.2) is 27.2 Å². The number of aromatic nitrogens is 3. The Bertz CT molecular complexity index is 1310. The van der Waals surface area contributed by atoms with Crippen LogP contribution in [0.4, 0.5) is 23.2 Å². The summed E-state index contributed by atoms with van der Waals surface area (Å²) in [5.74, 6) is -5.38. The second kappa shape index (κ2) is 7.86. The molecule has 1 amide bonds. The molecule has 1 aliphatic carbocycles. The highest BCUT2D eigenvalue weighted by molar-refractivity contribution is 7.12. The van der Waals surface area contributed by atoms with Gasteiger partial charge in [0.15, 0.2) is 0 Å². The Kier molecular flexibility index (Phi) is 5.01. The van der Waals surface area contributed by atoms with Crippen molar-refractivity contribution < 1.29 is 22.4 Å². The maximum Gasteiger partial charge on any atom is 0.261 e. The monoisotopic (exact) mass is 458 g/mol. The fourth-order valence-corrected chi connectivity index (χ4v) is 4.01. The molecule has 10 heteroatoms. The molecule has 2 heterocycles. The third-order valence-corrected chi connectivity index (χ3v) is 5.83. The zero-order valence-electron chi connectivity index (χ0n) is 16.3. The average Bonchev–Trinajstić information content (AvgIpc) is 3.24. The summed E-state index contributed by atoms with van der Waals surface area (Å²) in [7, 11) is 0. The molecule has 0 unspecified atom stereocenters. The number of rotatable bonds is 5. The Morgan fingerprint density at radius 3 is 2.41 bits per heavy atom. The van der Waals surface area contributed by atoms with E-state index in [0.29, 0.717) is 22.8 Å². The number of nitrogens with one attached hydrogen (secondary N) is 1. The summed E-state index contributed by atoms with van der Waals surface area (Å²) in [5.41, 5.74) is 0.725. The molecular formula is C22H14F4N4OS. The van der Waals surface area contributed by atoms with Crippen LogP contribution in [0.5, 0.6) is 0 Å². The molecule has 1 N–H and O–H groups in total. The molecule has 0 aliphatic heterocycles. The van der Waals surface area contributed by atoms with E-state index in [1.807, 2.05) is 5.38 Å². The largest absolute Gasteiger partial charge is 0.322 e. The average molecular weight is 458 g/mol. The van der Waals surface area contributed by atoms with E-state index in [2.05, 4.69) is 15.4 Å². The van der Waals surface area contributed by atoms with Crippen LogP contribution in [0.3, 0.4) is 0 Å². The normalized spacial score (nSPS) is 13.4. The van der Waals surface area contributed by atoms with Crippen LogP contribution in [0.2, 0.25) is 0 Å². The Balaban J connectivity index is 1.45. The van der Waals surface area contributed by atoms with E-state index in [-0.39, 0.29) is 17.2 Å². The van der Waals surface area contributed by atoms with Gasteiger partial charge in [-0.15, -0.1) is 11.3 Å². The SMILES string of the molecule is O=C(Nc1ccc(-c2cn(-c3nccs3)nc2C2CC2)c(F)c1)c1c(F)cc(F)cc1F. The first kappa shape index (κ1) is 20.4. The van der Waals surface area contributed by atoms with Crippen molar-refractivity contribution in [3.63, 3.8) is 0 Å². The molecule has 32 heavy (non-hydrogen) atoms. The van der Waals surface area contributed by atoms with Crippen molar-refractivity contribution in [2.45, 2.75) is 18.8 Å². The van der Waals surface area contributed by atoms with E-state index in [9.17, 15) is 18.0 Å². The first-order valence-corrected chi connectivity index (χ1v) is 10.5. The molecule has 162 valence electrons. The van der Waals surface area contributed by atoms with E-state index in [0.717, 1.165) is 24.6 Å². The highest BCUT2D eigenvalue weighted by Gasteiger charge is 2.31. The molecule has 1 aliphatic rings. The fourth-order valence-electron chi connectivity index (χ4n) is 3.44. The zero-order chi connectivity index (χ0) is 22.4. The lowest BCUT2D eigenvalue weighted by atomic mass is 10.0. The van der Waals surface area contributed by atoms with Crippen molar-refractivity contribution in [3.8, 4) is 16.3 Å². The molecule has 0 radical (unpaired) electrons. The second-order valence-corrected chi connectivity index (χ2v) is 8.23. The van der Waals surface area contributed by atoms with Crippen molar-refractivity contribution in [1.29, 1.82) is 0 Å². The van der Waals surface area contributed by atoms with Gasteiger partial charge >= 0.3 is 0 Å². The molecule has 2 aromatic heterocycles. The van der Waals surface area contributed by atoms with Gasteiger partial charge < -0.3 is 5.32 Å². The summed E-state index contributed by atoms with van der Waals surface area (Å²) in [5, 5.41) is 9.30. The van der Waals surface area contributed by atoms with Crippen LogP contribution in [0.1, 0.15) is 34.8 Å². The lowest BCUT2D eigenvalue weighted by Crippen LogP contribution is -2.16. The van der Waals surface area contributed by atoms with E-state index >= 15 is 4.39 Å². The van der Waals surface area contributed by atoms with Gasteiger partial charge in [-0.2, -0.15) is 5.10 Å². The summed E-state index contributed by atoms with van der Waals surface area (Å²) < 4.78 is 57.4. The van der Waals surface area contributed by atoms with E-state index in [1.54, 1.807) is 17.1 Å². The molecule has 4 aromatic rings. The third kappa shape index (κ3) is 3.77. The van der Waals surface area contributed by atoms with E-state index in [4.69, 9.17) is 0 Å². The zero-order valence-corrected chi connectivity index (χ0v) is 17.1. The third-order valence-electron chi connectivity index (χ3n) is 5.07. The predicted octanol–water partition coefficient (Wildman–Crippen LogP) is 5.68. The Labute approximate surface area is 183 Å². The van der Waals surface area contributed by atoms with Crippen LogP contribution in [0.15, 0.2) is 48.1 Å². The van der Waals surface area contributed by atoms with Crippen molar-refractivity contribution in [3.05, 3.63) is 82.6 Å². The van der Waals surface area contributed by atoms with E-state index in [1.165, 1.54) is 23.5 Å². The molecule has 1 fully saturated rings. The molecule has 1 saturated carbocycles. The van der Waals surface area contributed by atoms with E-state index < -0.39 is 34.7 Å². The summed E-state index contributed by atoms with van der Waals surface area (Å²) in [6.07, 6.45) is 5.30. The van der Waals surface area contributed by atoms with Crippen LogP contribution < -0.4 is 5.32 Å². The lowest BCUT2D eigenvalue weighted by Gasteiger charge is -2.09. The van der Waals surface area contributed by atoms with Crippen molar-refractivity contribution >= 4 is 22.9 Å². The van der Waals surface area contributed by atoms with Crippen molar-refractivity contribution in [2.24, 2.45) is 0 Å². The summed E-state index contributed by atoms with van der Waals surface area (Å²) >= 11 is 1.40. The Hall–Kier alpha value is -3.53. The molecule has 5 nitrogen and oxygen atoms in total. The van der Waals surface area contributed by atoms with Crippen LogP contribution in [0, 0.1) is 23.3 Å². The Morgan fingerprint density at radius 1 is 1.03 bits per heavy atom. The quantitative estimate of drug-likeness (QED) is 0.392. The number of hydrogen-bond acceptors (Lipinski definition) is 4. The van der Waals surface area contributed by atoms with Gasteiger partial charge in [0.2, 0.25) is 5.13 Å². The molecule has 0 saturated heterocycles. The number of halogens is 4. The molecule has 2 aromatic carbocycles. The number of thiazole rings is 1. The number of benzene rings is 2. The van der Waals surface area contributed by atoms with Gasteiger partial charge in [0.25, 0.3) is 5.91 Å². The number of nitrogens with zero attached hydrogens (tertiary/aromatic N) is 3. The highest BCUT2D eigenvalue weighted by atomic mass is 32.1. The maximum absolute atomic E-state index is 15.0. The molecule has 0 atom stereocenters. The van der Waals surface area contributed by atoms with Gasteiger partial charge in [-0.1, -0.05) is 0 Å². The minimum Gasteiger partial charge on any atom is -0.322 e. The minimum absolute atomic E-state index is 0.000313. The maximum atomic E-state index is 15.0. The van der Waals surface area contributed by atoms with Crippen LogP contribution in [0.25, 0.3) is 16.3 Å². The number of carbonyl (C=O) groups excluding carboxylic acids is 1. The van der Waals surface area contributed by atoms with Crippen LogP contribution in [-0.4, -0.2) is 20.7 Å². The number of carbonyl (C=O) groups is 1. The first-order valence-electron chi connectivity index (χ1n) is 9.66. The van der Waals surface area contributed by atoms with Crippen molar-refractivity contribution in [1.82, 2.24) is 14.8 Å². The number of amides is 1. The molecule has 5 rings (SSSR count). The topological polar surface area (TPSA) is 59.8 Å². The van der Waals surface area contributed by atoms with Crippen molar-refractivity contribution in [2.75, 3.05) is 5.32 Å².